The highest BCUT2D eigenvalue weighted by Crippen LogP contribution is 2.40. The van der Waals surface area contributed by atoms with E-state index in [0.29, 0.717) is 19.1 Å². The third kappa shape index (κ3) is 3.13. The molecule has 2 nitrogen and oxygen atoms in total. The van der Waals surface area contributed by atoms with E-state index in [4.69, 9.17) is 4.74 Å². The van der Waals surface area contributed by atoms with Crippen molar-refractivity contribution in [1.82, 2.24) is 0 Å². The van der Waals surface area contributed by atoms with Gasteiger partial charge in [0.25, 0.3) is 0 Å². The highest BCUT2D eigenvalue weighted by molar-refractivity contribution is 5.61. The molecule has 102 valence electrons. The molecule has 0 saturated carbocycles. The third-order valence-electron chi connectivity index (χ3n) is 4.38. The molecule has 0 unspecified atom stereocenters. The van der Waals surface area contributed by atoms with Gasteiger partial charge in [0.1, 0.15) is 6.29 Å². The fourth-order valence-corrected chi connectivity index (χ4v) is 2.59. The van der Waals surface area contributed by atoms with E-state index < -0.39 is 0 Å². The average Bonchev–Trinajstić information content (AvgIpc) is 2.45. The molecule has 0 spiro atoms. The van der Waals surface area contributed by atoms with E-state index in [0.717, 1.165) is 12.7 Å². The van der Waals surface area contributed by atoms with Gasteiger partial charge in [-0.1, -0.05) is 56.3 Å². The maximum Gasteiger partial charge on any atom is 0.126 e. The molecule has 0 bridgehead atoms. The van der Waals surface area contributed by atoms with E-state index in [1.807, 2.05) is 25.1 Å². The van der Waals surface area contributed by atoms with E-state index in [1.54, 1.807) is 0 Å². The number of carbonyl (C=O) groups is 1. The molecule has 3 atom stereocenters. The van der Waals surface area contributed by atoms with Gasteiger partial charge in [0.05, 0.1) is 13.2 Å². The summed E-state index contributed by atoms with van der Waals surface area (Å²) < 4.78 is 5.79. The summed E-state index contributed by atoms with van der Waals surface area (Å²) in [6, 6.07) is 10.1. The quantitative estimate of drug-likeness (QED) is 0.595. The lowest BCUT2D eigenvalue weighted by Gasteiger charge is -2.38. The normalized spacial score (nSPS) is 30.2. The predicted octanol–water partition coefficient (Wildman–Crippen LogP) is 3.62. The number of carbonyl (C=O) groups excluding carboxylic acids is 1. The molecule has 0 fully saturated rings. The molecule has 0 aliphatic heterocycles. The number of benzene rings is 1. The van der Waals surface area contributed by atoms with Crippen LogP contribution in [-0.4, -0.2) is 12.9 Å². The van der Waals surface area contributed by atoms with Crippen LogP contribution in [0.25, 0.3) is 0 Å². The molecule has 0 heterocycles. The Morgan fingerprint density at radius 1 is 1.37 bits per heavy atom. The van der Waals surface area contributed by atoms with Gasteiger partial charge >= 0.3 is 0 Å². The summed E-state index contributed by atoms with van der Waals surface area (Å²) in [6.07, 6.45) is 6.40. The van der Waals surface area contributed by atoms with Crippen LogP contribution in [0.3, 0.4) is 0 Å². The van der Waals surface area contributed by atoms with Gasteiger partial charge in [0.15, 0.2) is 0 Å². The second-order valence-corrected chi connectivity index (χ2v) is 5.66. The lowest BCUT2D eigenvalue weighted by molar-refractivity contribution is -0.122. The van der Waals surface area contributed by atoms with Gasteiger partial charge in [-0.3, -0.25) is 0 Å². The average molecular weight is 258 g/mol. The number of ether oxygens (including phenoxy) is 1. The fourth-order valence-electron chi connectivity index (χ4n) is 2.59. The van der Waals surface area contributed by atoms with Crippen LogP contribution in [0.1, 0.15) is 25.8 Å². The Bertz CT molecular complexity index is 438. The minimum absolute atomic E-state index is 0.178. The molecule has 0 radical (unpaired) electrons. The first-order valence-electron chi connectivity index (χ1n) is 6.91. The molecule has 0 saturated heterocycles. The molecule has 0 N–H and O–H groups in total. The summed E-state index contributed by atoms with van der Waals surface area (Å²) in [5.41, 5.74) is 0.869. The van der Waals surface area contributed by atoms with Crippen molar-refractivity contribution >= 4 is 6.29 Å². The van der Waals surface area contributed by atoms with E-state index in [9.17, 15) is 4.79 Å². The molecule has 0 amide bonds. The molecule has 19 heavy (non-hydrogen) atoms. The van der Waals surface area contributed by atoms with Gasteiger partial charge in [-0.2, -0.15) is 0 Å². The zero-order valence-electron chi connectivity index (χ0n) is 11.7. The van der Waals surface area contributed by atoms with E-state index >= 15 is 0 Å². The van der Waals surface area contributed by atoms with Crippen molar-refractivity contribution in [1.29, 1.82) is 0 Å². The van der Waals surface area contributed by atoms with Crippen molar-refractivity contribution < 1.29 is 9.53 Å². The van der Waals surface area contributed by atoms with Crippen molar-refractivity contribution in [2.75, 3.05) is 6.61 Å². The van der Waals surface area contributed by atoms with Crippen molar-refractivity contribution in [3.63, 3.8) is 0 Å². The number of hydrogen-bond donors (Lipinski definition) is 0. The van der Waals surface area contributed by atoms with Crippen LogP contribution < -0.4 is 0 Å². The Morgan fingerprint density at radius 2 is 2.11 bits per heavy atom. The Hall–Kier alpha value is -1.41. The van der Waals surface area contributed by atoms with Crippen LogP contribution in [0.2, 0.25) is 0 Å². The molecule has 1 aromatic carbocycles. The lowest BCUT2D eigenvalue weighted by Crippen LogP contribution is -2.39. The first-order chi connectivity index (χ1) is 9.16. The van der Waals surface area contributed by atoms with Crippen molar-refractivity contribution in [2.24, 2.45) is 17.3 Å². The standard InChI is InChI=1S/C17H22O2/c1-14-7-6-10-16(17(14,2)13-18)12-19-11-15-8-4-3-5-9-15/h3-6,8-10,13-14,16H,7,11-12H2,1-2H3/t14-,16+,17+/m0/s1. The van der Waals surface area contributed by atoms with Crippen molar-refractivity contribution in [3.8, 4) is 0 Å². The van der Waals surface area contributed by atoms with Gasteiger partial charge < -0.3 is 9.53 Å². The Morgan fingerprint density at radius 3 is 2.79 bits per heavy atom. The molecular weight excluding hydrogens is 236 g/mol. The summed E-state index contributed by atoms with van der Waals surface area (Å²) in [5, 5.41) is 0. The largest absolute Gasteiger partial charge is 0.376 e. The van der Waals surface area contributed by atoms with E-state index in [-0.39, 0.29) is 11.3 Å². The molecule has 1 aliphatic rings. The van der Waals surface area contributed by atoms with Gasteiger partial charge in [0.2, 0.25) is 0 Å². The Labute approximate surface area is 115 Å². The van der Waals surface area contributed by atoms with Gasteiger partial charge in [0, 0.05) is 11.3 Å². The molecular formula is C17H22O2. The van der Waals surface area contributed by atoms with Crippen LogP contribution in [0, 0.1) is 17.3 Å². The second kappa shape index (κ2) is 6.16. The van der Waals surface area contributed by atoms with Gasteiger partial charge in [-0.15, -0.1) is 0 Å². The zero-order chi connectivity index (χ0) is 13.7. The summed E-state index contributed by atoms with van der Waals surface area (Å²) in [4.78, 5) is 11.4. The second-order valence-electron chi connectivity index (χ2n) is 5.66. The predicted molar refractivity (Wildman–Crippen MR) is 76.7 cm³/mol. The Kier molecular flexibility index (Phi) is 4.54. The van der Waals surface area contributed by atoms with Crippen molar-refractivity contribution in [3.05, 3.63) is 48.0 Å². The SMILES string of the molecule is C[C@H]1CC=C[C@H](COCc2ccccc2)[C@]1(C)C=O. The first-order valence-corrected chi connectivity index (χ1v) is 6.91. The van der Waals surface area contributed by atoms with Crippen LogP contribution in [0.4, 0.5) is 0 Å². The maximum absolute atomic E-state index is 11.4. The summed E-state index contributed by atoms with van der Waals surface area (Å²) in [5.74, 6) is 0.554. The summed E-state index contributed by atoms with van der Waals surface area (Å²) >= 11 is 0. The minimum Gasteiger partial charge on any atom is -0.376 e. The fraction of sp³-hybridized carbons (Fsp3) is 0.471. The van der Waals surface area contributed by atoms with Crippen LogP contribution >= 0.6 is 0 Å². The number of hydrogen-bond acceptors (Lipinski definition) is 2. The summed E-state index contributed by atoms with van der Waals surface area (Å²) in [6.45, 7) is 5.40. The topological polar surface area (TPSA) is 26.3 Å². The number of aldehydes is 1. The van der Waals surface area contributed by atoms with E-state index in [1.165, 1.54) is 5.56 Å². The van der Waals surface area contributed by atoms with Crippen LogP contribution in [0.15, 0.2) is 42.5 Å². The first kappa shape index (κ1) is 14.0. The number of allylic oxidation sites excluding steroid dienone is 1. The van der Waals surface area contributed by atoms with Crippen LogP contribution in [-0.2, 0) is 16.1 Å². The van der Waals surface area contributed by atoms with E-state index in [2.05, 4.69) is 31.2 Å². The highest BCUT2D eigenvalue weighted by atomic mass is 16.5. The molecule has 2 rings (SSSR count). The smallest absolute Gasteiger partial charge is 0.126 e. The number of rotatable bonds is 5. The molecule has 2 heteroatoms. The van der Waals surface area contributed by atoms with Crippen LogP contribution in [0.5, 0.6) is 0 Å². The highest BCUT2D eigenvalue weighted by Gasteiger charge is 2.39. The molecule has 0 aromatic heterocycles. The minimum atomic E-state index is -0.300. The lowest BCUT2D eigenvalue weighted by atomic mass is 9.66. The summed E-state index contributed by atoms with van der Waals surface area (Å²) in [7, 11) is 0. The third-order valence-corrected chi connectivity index (χ3v) is 4.38. The van der Waals surface area contributed by atoms with Gasteiger partial charge in [-0.05, 0) is 17.9 Å². The molecule has 1 aromatic rings. The Balaban J connectivity index is 1.93. The van der Waals surface area contributed by atoms with Crippen molar-refractivity contribution in [2.45, 2.75) is 26.9 Å². The molecule has 1 aliphatic carbocycles. The van der Waals surface area contributed by atoms with Gasteiger partial charge in [-0.25, -0.2) is 0 Å². The monoisotopic (exact) mass is 258 g/mol. The maximum atomic E-state index is 11.4. The zero-order valence-corrected chi connectivity index (χ0v) is 11.7.